The largest absolute Gasteiger partial charge is 0.322 e. The zero-order valence-corrected chi connectivity index (χ0v) is 16.3. The number of halogens is 1. The molecular formula is C23H18ClN3O. The Bertz CT molecular complexity index is 1180. The Kier molecular flexibility index (Phi) is 4.80. The van der Waals surface area contributed by atoms with E-state index < -0.39 is 0 Å². The van der Waals surface area contributed by atoms with Crippen molar-refractivity contribution in [1.82, 2.24) is 9.97 Å². The molecule has 2 aromatic carbocycles. The van der Waals surface area contributed by atoms with E-state index in [1.54, 1.807) is 25.3 Å². The molecule has 2 aromatic heterocycles. The molecule has 4 rings (SSSR count). The van der Waals surface area contributed by atoms with Crippen LogP contribution in [0.2, 0.25) is 5.15 Å². The number of hydrogen-bond acceptors (Lipinski definition) is 3. The highest BCUT2D eigenvalue weighted by Crippen LogP contribution is 2.29. The summed E-state index contributed by atoms with van der Waals surface area (Å²) in [6, 6.07) is 17.4. The summed E-state index contributed by atoms with van der Waals surface area (Å²) in [4.78, 5) is 20.9. The average molecular weight is 388 g/mol. The van der Waals surface area contributed by atoms with Crippen LogP contribution in [0.4, 0.5) is 5.69 Å². The topological polar surface area (TPSA) is 54.9 Å². The van der Waals surface area contributed by atoms with Crippen LogP contribution >= 0.6 is 11.6 Å². The molecule has 4 aromatic rings. The number of carbonyl (C=O) groups is 1. The van der Waals surface area contributed by atoms with Gasteiger partial charge in [-0.25, -0.2) is 4.98 Å². The van der Waals surface area contributed by atoms with E-state index in [0.29, 0.717) is 16.4 Å². The van der Waals surface area contributed by atoms with E-state index >= 15 is 0 Å². The van der Waals surface area contributed by atoms with Crippen LogP contribution in [-0.4, -0.2) is 15.9 Å². The number of hydrogen-bond donors (Lipinski definition) is 1. The predicted octanol–water partition coefficient (Wildman–Crippen LogP) is 5.82. The number of aromatic nitrogens is 2. The molecule has 2 heterocycles. The molecule has 0 radical (unpaired) electrons. The van der Waals surface area contributed by atoms with Gasteiger partial charge in [0, 0.05) is 34.7 Å². The fourth-order valence-electron chi connectivity index (χ4n) is 3.23. The zero-order chi connectivity index (χ0) is 19.7. The number of aryl methyl sites for hydroxylation is 2. The van der Waals surface area contributed by atoms with E-state index in [9.17, 15) is 4.79 Å². The van der Waals surface area contributed by atoms with Crippen LogP contribution in [0.3, 0.4) is 0 Å². The lowest BCUT2D eigenvalue weighted by atomic mass is 9.98. The second-order valence-corrected chi connectivity index (χ2v) is 7.13. The van der Waals surface area contributed by atoms with Gasteiger partial charge in [-0.3, -0.25) is 9.78 Å². The van der Waals surface area contributed by atoms with Crippen molar-refractivity contribution in [1.29, 1.82) is 0 Å². The summed E-state index contributed by atoms with van der Waals surface area (Å²) in [7, 11) is 0. The summed E-state index contributed by atoms with van der Waals surface area (Å²) < 4.78 is 0. The van der Waals surface area contributed by atoms with Crippen LogP contribution in [0.5, 0.6) is 0 Å². The van der Waals surface area contributed by atoms with Gasteiger partial charge in [0.25, 0.3) is 5.91 Å². The molecule has 0 fully saturated rings. The van der Waals surface area contributed by atoms with Gasteiger partial charge in [-0.2, -0.15) is 0 Å². The highest BCUT2D eigenvalue weighted by Gasteiger charge is 2.11. The third kappa shape index (κ3) is 3.73. The first-order valence-corrected chi connectivity index (χ1v) is 9.28. The Hall–Kier alpha value is -3.24. The lowest BCUT2D eigenvalue weighted by molar-refractivity contribution is 0.102. The van der Waals surface area contributed by atoms with Crippen molar-refractivity contribution in [3.8, 4) is 11.1 Å². The van der Waals surface area contributed by atoms with Crippen LogP contribution in [0.15, 0.2) is 67.0 Å². The van der Waals surface area contributed by atoms with Crippen LogP contribution in [0.1, 0.15) is 21.6 Å². The maximum Gasteiger partial charge on any atom is 0.255 e. The zero-order valence-electron chi connectivity index (χ0n) is 15.5. The van der Waals surface area contributed by atoms with Gasteiger partial charge in [-0.05, 0) is 72.3 Å². The highest BCUT2D eigenvalue weighted by molar-refractivity contribution is 6.29. The summed E-state index contributed by atoms with van der Waals surface area (Å²) in [6.45, 7) is 3.86. The second kappa shape index (κ2) is 7.41. The molecule has 0 aliphatic rings. The van der Waals surface area contributed by atoms with Gasteiger partial charge in [0.1, 0.15) is 5.15 Å². The van der Waals surface area contributed by atoms with Gasteiger partial charge in [0.05, 0.1) is 0 Å². The fraction of sp³-hybridized carbons (Fsp3) is 0.0870. The van der Waals surface area contributed by atoms with Gasteiger partial charge in [0.15, 0.2) is 0 Å². The summed E-state index contributed by atoms with van der Waals surface area (Å²) in [5.41, 5.74) is 5.18. The van der Waals surface area contributed by atoms with Crippen LogP contribution in [0.25, 0.3) is 21.9 Å². The van der Waals surface area contributed by atoms with E-state index in [4.69, 9.17) is 11.6 Å². The molecule has 0 atom stereocenters. The van der Waals surface area contributed by atoms with Crippen LogP contribution < -0.4 is 5.32 Å². The molecule has 0 spiro atoms. The molecule has 0 aliphatic heterocycles. The maximum atomic E-state index is 12.6. The third-order valence-electron chi connectivity index (χ3n) is 4.63. The van der Waals surface area contributed by atoms with E-state index in [2.05, 4.69) is 40.4 Å². The van der Waals surface area contributed by atoms with Gasteiger partial charge >= 0.3 is 0 Å². The molecule has 1 amide bonds. The highest BCUT2D eigenvalue weighted by atomic mass is 35.5. The summed E-state index contributed by atoms with van der Waals surface area (Å²) in [6.07, 6.45) is 3.64. The number of anilines is 1. The fourth-order valence-corrected chi connectivity index (χ4v) is 3.48. The van der Waals surface area contributed by atoms with Crippen molar-refractivity contribution < 1.29 is 4.79 Å². The normalized spacial score (nSPS) is 10.8. The first-order valence-electron chi connectivity index (χ1n) is 8.90. The van der Waals surface area contributed by atoms with Crippen LogP contribution in [0, 0.1) is 13.8 Å². The number of rotatable bonds is 3. The Morgan fingerprint density at radius 2 is 1.82 bits per heavy atom. The average Bonchev–Trinajstić information content (AvgIpc) is 2.68. The standard InChI is InChI=1S/C23H18ClN3O/c1-14-3-6-20(27-23(28)18-9-15(2)26-22(24)11-18)12-21(14)17-5-4-16-7-8-25-13-19(16)10-17/h3-13H,1-2H3,(H,27,28). The Labute approximate surface area is 168 Å². The summed E-state index contributed by atoms with van der Waals surface area (Å²) in [5, 5.41) is 5.48. The predicted molar refractivity (Wildman–Crippen MR) is 114 cm³/mol. The Morgan fingerprint density at radius 3 is 2.64 bits per heavy atom. The molecule has 28 heavy (non-hydrogen) atoms. The maximum absolute atomic E-state index is 12.6. The molecule has 1 N–H and O–H groups in total. The molecule has 0 saturated heterocycles. The molecule has 5 heteroatoms. The van der Waals surface area contributed by atoms with Gasteiger partial charge in [0.2, 0.25) is 0 Å². The number of amides is 1. The van der Waals surface area contributed by atoms with Crippen LogP contribution in [-0.2, 0) is 0 Å². The summed E-state index contributed by atoms with van der Waals surface area (Å²) in [5.74, 6) is -0.218. The summed E-state index contributed by atoms with van der Waals surface area (Å²) >= 11 is 5.97. The van der Waals surface area contributed by atoms with Crippen molar-refractivity contribution in [2.45, 2.75) is 13.8 Å². The molecular weight excluding hydrogens is 370 g/mol. The van der Waals surface area contributed by atoms with Gasteiger partial charge in [-0.1, -0.05) is 29.8 Å². The van der Waals surface area contributed by atoms with Crippen molar-refractivity contribution in [2.24, 2.45) is 0 Å². The molecule has 138 valence electrons. The lowest BCUT2D eigenvalue weighted by Gasteiger charge is -2.12. The number of benzene rings is 2. The molecule has 4 nitrogen and oxygen atoms in total. The first-order chi connectivity index (χ1) is 13.5. The first kappa shape index (κ1) is 18.1. The molecule has 0 bridgehead atoms. The molecule has 0 saturated carbocycles. The molecule has 0 aliphatic carbocycles. The Balaban J connectivity index is 1.67. The number of fused-ring (bicyclic) bond motifs is 1. The molecule has 0 unspecified atom stereocenters. The smallest absolute Gasteiger partial charge is 0.255 e. The van der Waals surface area contributed by atoms with E-state index in [-0.39, 0.29) is 5.91 Å². The minimum atomic E-state index is -0.218. The van der Waals surface area contributed by atoms with E-state index in [0.717, 1.165) is 33.2 Å². The van der Waals surface area contributed by atoms with Crippen molar-refractivity contribution in [3.63, 3.8) is 0 Å². The van der Waals surface area contributed by atoms with Crippen molar-refractivity contribution in [3.05, 3.63) is 89.0 Å². The number of nitrogens with zero attached hydrogens (tertiary/aromatic N) is 2. The minimum absolute atomic E-state index is 0.218. The van der Waals surface area contributed by atoms with Gasteiger partial charge in [-0.15, -0.1) is 0 Å². The quantitative estimate of drug-likeness (QED) is 0.450. The second-order valence-electron chi connectivity index (χ2n) is 6.74. The van der Waals surface area contributed by atoms with E-state index in [1.807, 2.05) is 30.5 Å². The SMILES string of the molecule is Cc1cc(C(=O)Nc2ccc(C)c(-c3ccc4ccncc4c3)c2)cc(Cl)n1. The monoisotopic (exact) mass is 387 g/mol. The number of nitrogens with one attached hydrogen (secondary N) is 1. The minimum Gasteiger partial charge on any atom is -0.322 e. The van der Waals surface area contributed by atoms with Crippen molar-refractivity contribution >= 4 is 34.0 Å². The van der Waals surface area contributed by atoms with Crippen molar-refractivity contribution in [2.75, 3.05) is 5.32 Å². The lowest BCUT2D eigenvalue weighted by Crippen LogP contribution is -2.12. The van der Waals surface area contributed by atoms with Gasteiger partial charge < -0.3 is 5.32 Å². The number of pyridine rings is 2. The Morgan fingerprint density at radius 1 is 0.964 bits per heavy atom. The van der Waals surface area contributed by atoms with E-state index in [1.165, 1.54) is 0 Å². The third-order valence-corrected chi connectivity index (χ3v) is 4.82. The number of carbonyl (C=O) groups excluding carboxylic acids is 1.